The molecule has 0 spiro atoms. The van der Waals surface area contributed by atoms with Crippen molar-refractivity contribution in [2.24, 2.45) is 5.92 Å². The highest BCUT2D eigenvalue weighted by atomic mass is 28.4. The molecule has 2 atom stereocenters. The average molecular weight is 369 g/mol. The largest absolute Gasteiger partial charge is 0.404 e. The first kappa shape index (κ1) is 19.3. The first-order chi connectivity index (χ1) is 12.5. The van der Waals surface area contributed by atoms with E-state index in [-0.39, 0.29) is 17.7 Å². The predicted molar refractivity (Wildman–Crippen MR) is 112 cm³/mol. The van der Waals surface area contributed by atoms with Gasteiger partial charge in [-0.2, -0.15) is 0 Å². The second kappa shape index (κ2) is 8.08. The second-order valence-electron chi connectivity index (χ2n) is 8.62. The monoisotopic (exact) mass is 368 g/mol. The van der Waals surface area contributed by atoms with Gasteiger partial charge in [-0.15, -0.1) is 0 Å². The molecule has 0 unspecified atom stereocenters. The molecule has 1 aliphatic carbocycles. The van der Waals surface area contributed by atoms with E-state index in [4.69, 9.17) is 4.43 Å². The van der Waals surface area contributed by atoms with E-state index in [1.165, 1.54) is 10.4 Å². The summed E-state index contributed by atoms with van der Waals surface area (Å²) in [6.07, 6.45) is 4.57. The first-order valence-electron chi connectivity index (χ1n) is 9.87. The van der Waals surface area contributed by atoms with Crippen LogP contribution >= 0.6 is 0 Å². The van der Waals surface area contributed by atoms with Gasteiger partial charge in [-0.25, -0.2) is 0 Å². The number of hydrogen-bond acceptors (Lipinski definition) is 2. The Labute approximate surface area is 159 Å². The van der Waals surface area contributed by atoms with Crippen LogP contribution in [0.25, 0.3) is 0 Å². The lowest BCUT2D eigenvalue weighted by atomic mass is 9.88. The molecule has 1 saturated carbocycles. The molecule has 1 aliphatic rings. The standard InChI is InChI=1S/C23H32O2Si/c1-23(2,3)26(21-13-6-4-7-14-21,22-15-8-5-9-16-22)25-20-12-10-11-19(17-20)18-24/h4-9,13-16,19-20,24H,10-12,17-18H2,1-3H3/t19-,20+/m0/s1. The van der Waals surface area contributed by atoms with E-state index >= 15 is 0 Å². The number of benzene rings is 2. The van der Waals surface area contributed by atoms with Crippen LogP contribution in [-0.2, 0) is 4.43 Å². The van der Waals surface area contributed by atoms with Gasteiger partial charge in [-0.1, -0.05) is 87.9 Å². The Balaban J connectivity index is 2.08. The van der Waals surface area contributed by atoms with Crippen LogP contribution in [0.1, 0.15) is 46.5 Å². The molecule has 0 aromatic heterocycles. The summed E-state index contributed by atoms with van der Waals surface area (Å²) in [6.45, 7) is 7.25. The molecule has 0 bridgehead atoms. The van der Waals surface area contributed by atoms with Crippen molar-refractivity contribution in [1.82, 2.24) is 0 Å². The Bertz CT molecular complexity index is 639. The third kappa shape index (κ3) is 3.80. The van der Waals surface area contributed by atoms with Crippen molar-refractivity contribution in [1.29, 1.82) is 0 Å². The minimum atomic E-state index is -2.46. The van der Waals surface area contributed by atoms with Crippen LogP contribution in [-0.4, -0.2) is 26.1 Å². The molecular weight excluding hydrogens is 336 g/mol. The number of aliphatic hydroxyl groups excluding tert-OH is 1. The van der Waals surface area contributed by atoms with Crippen molar-refractivity contribution >= 4 is 18.7 Å². The molecule has 0 heterocycles. The molecule has 1 N–H and O–H groups in total. The quantitative estimate of drug-likeness (QED) is 0.805. The van der Waals surface area contributed by atoms with E-state index in [1.54, 1.807) is 0 Å². The van der Waals surface area contributed by atoms with Crippen LogP contribution in [0, 0.1) is 5.92 Å². The molecule has 1 fully saturated rings. The first-order valence-corrected chi connectivity index (χ1v) is 11.8. The second-order valence-corrected chi connectivity index (χ2v) is 12.9. The summed E-state index contributed by atoms with van der Waals surface area (Å²) in [6, 6.07) is 21.7. The fraction of sp³-hybridized carbons (Fsp3) is 0.478. The van der Waals surface area contributed by atoms with Crippen molar-refractivity contribution in [3.63, 3.8) is 0 Å². The maximum atomic E-state index is 9.66. The van der Waals surface area contributed by atoms with E-state index < -0.39 is 8.32 Å². The summed E-state index contributed by atoms with van der Waals surface area (Å²) in [5.74, 6) is 0.381. The van der Waals surface area contributed by atoms with Crippen LogP contribution in [0.4, 0.5) is 0 Å². The third-order valence-corrected chi connectivity index (χ3v) is 10.8. The van der Waals surface area contributed by atoms with Crippen LogP contribution in [0.3, 0.4) is 0 Å². The number of aliphatic hydroxyl groups is 1. The minimum Gasteiger partial charge on any atom is -0.404 e. The van der Waals surface area contributed by atoms with E-state index in [9.17, 15) is 5.11 Å². The third-order valence-electron chi connectivity index (χ3n) is 5.75. The zero-order chi connectivity index (χ0) is 18.6. The van der Waals surface area contributed by atoms with Crippen LogP contribution < -0.4 is 10.4 Å². The predicted octanol–water partition coefficient (Wildman–Crippen LogP) is 4.11. The average Bonchev–Trinajstić information content (AvgIpc) is 2.66. The normalized spacial score (nSPS) is 21.5. The van der Waals surface area contributed by atoms with Crippen molar-refractivity contribution in [3.8, 4) is 0 Å². The van der Waals surface area contributed by atoms with Crippen molar-refractivity contribution < 1.29 is 9.53 Å². The Hall–Kier alpha value is -1.42. The van der Waals surface area contributed by atoms with Gasteiger partial charge in [0.05, 0.1) is 0 Å². The van der Waals surface area contributed by atoms with Gasteiger partial charge in [0.2, 0.25) is 0 Å². The lowest BCUT2D eigenvalue weighted by Gasteiger charge is -2.46. The Morgan fingerprint density at radius 2 is 1.46 bits per heavy atom. The van der Waals surface area contributed by atoms with Gasteiger partial charge in [-0.05, 0) is 40.6 Å². The van der Waals surface area contributed by atoms with E-state index in [1.807, 2.05) is 0 Å². The van der Waals surface area contributed by atoms with Crippen molar-refractivity contribution in [2.75, 3.05) is 6.61 Å². The van der Waals surface area contributed by atoms with Gasteiger partial charge >= 0.3 is 0 Å². The molecule has 140 valence electrons. The molecule has 0 saturated heterocycles. The van der Waals surface area contributed by atoms with E-state index in [0.717, 1.165) is 25.7 Å². The molecule has 0 radical (unpaired) electrons. The molecule has 0 amide bonds. The molecular formula is C23H32O2Si. The summed E-state index contributed by atoms with van der Waals surface area (Å²) in [7, 11) is -2.46. The minimum absolute atomic E-state index is 0.0157. The van der Waals surface area contributed by atoms with Gasteiger partial charge in [0.1, 0.15) is 0 Å². The Morgan fingerprint density at radius 1 is 0.923 bits per heavy atom. The van der Waals surface area contributed by atoms with Crippen LogP contribution in [0.2, 0.25) is 5.04 Å². The fourth-order valence-electron chi connectivity index (χ4n) is 4.46. The van der Waals surface area contributed by atoms with Crippen molar-refractivity contribution in [2.45, 2.75) is 57.6 Å². The Kier molecular flexibility index (Phi) is 6.01. The van der Waals surface area contributed by atoms with Gasteiger partial charge < -0.3 is 9.53 Å². The highest BCUT2D eigenvalue weighted by molar-refractivity contribution is 6.99. The maximum absolute atomic E-state index is 9.66. The van der Waals surface area contributed by atoms with Gasteiger partial charge in [0, 0.05) is 12.7 Å². The summed E-state index contributed by atoms with van der Waals surface area (Å²) >= 11 is 0. The summed E-state index contributed by atoms with van der Waals surface area (Å²) in [4.78, 5) is 0. The zero-order valence-electron chi connectivity index (χ0n) is 16.3. The Morgan fingerprint density at radius 3 is 1.92 bits per heavy atom. The molecule has 3 heteroatoms. The highest BCUT2D eigenvalue weighted by Gasteiger charge is 2.51. The van der Waals surface area contributed by atoms with Gasteiger partial charge in [0.15, 0.2) is 0 Å². The summed E-state index contributed by atoms with van der Waals surface area (Å²) in [5.41, 5.74) is 0. The summed E-state index contributed by atoms with van der Waals surface area (Å²) < 4.78 is 7.18. The molecule has 2 aromatic rings. The molecule has 2 aromatic carbocycles. The highest BCUT2D eigenvalue weighted by Crippen LogP contribution is 2.39. The number of hydrogen-bond donors (Lipinski definition) is 1. The number of rotatable bonds is 5. The molecule has 3 rings (SSSR count). The SMILES string of the molecule is CC(C)(C)[Si](O[C@@H]1CCC[C@H](CO)C1)(c1ccccc1)c1ccccc1. The van der Waals surface area contributed by atoms with E-state index in [0.29, 0.717) is 5.92 Å². The maximum Gasteiger partial charge on any atom is 0.261 e. The van der Waals surface area contributed by atoms with Crippen LogP contribution in [0.5, 0.6) is 0 Å². The fourth-order valence-corrected chi connectivity index (χ4v) is 9.18. The van der Waals surface area contributed by atoms with Gasteiger partial charge in [0.25, 0.3) is 8.32 Å². The zero-order valence-corrected chi connectivity index (χ0v) is 17.3. The lowest BCUT2D eigenvalue weighted by Crippen LogP contribution is -2.67. The lowest BCUT2D eigenvalue weighted by molar-refractivity contribution is 0.0857. The molecule has 0 aliphatic heterocycles. The topological polar surface area (TPSA) is 29.5 Å². The smallest absolute Gasteiger partial charge is 0.261 e. The summed E-state index contributed by atoms with van der Waals surface area (Å²) in [5, 5.41) is 12.3. The van der Waals surface area contributed by atoms with E-state index in [2.05, 4.69) is 81.4 Å². The van der Waals surface area contributed by atoms with Crippen LogP contribution in [0.15, 0.2) is 60.7 Å². The van der Waals surface area contributed by atoms with Crippen molar-refractivity contribution in [3.05, 3.63) is 60.7 Å². The molecule has 26 heavy (non-hydrogen) atoms. The molecule has 2 nitrogen and oxygen atoms in total. The van der Waals surface area contributed by atoms with Gasteiger partial charge in [-0.3, -0.25) is 0 Å².